The van der Waals surface area contributed by atoms with Crippen molar-refractivity contribution < 1.29 is 4.79 Å². The predicted octanol–water partition coefficient (Wildman–Crippen LogP) is 2.18. The van der Waals surface area contributed by atoms with E-state index in [0.717, 1.165) is 51.4 Å². The van der Waals surface area contributed by atoms with E-state index in [9.17, 15) is 4.79 Å². The Bertz CT molecular complexity index is 592. The number of thiophene rings is 1. The maximum atomic E-state index is 11.9. The maximum absolute atomic E-state index is 11.9. The zero-order chi connectivity index (χ0) is 19.7. The van der Waals surface area contributed by atoms with Crippen LogP contribution in [-0.4, -0.2) is 62.6 Å². The quantitative estimate of drug-likeness (QED) is 0.468. The number of nitrogens with zero attached hydrogens (tertiary/aromatic N) is 2. The van der Waals surface area contributed by atoms with Gasteiger partial charge in [0, 0.05) is 49.6 Å². The largest absolute Gasteiger partial charge is 0.356 e. The molecule has 0 spiro atoms. The van der Waals surface area contributed by atoms with E-state index in [-0.39, 0.29) is 11.3 Å². The molecule has 27 heavy (non-hydrogen) atoms. The first-order chi connectivity index (χ1) is 12.9. The molecule has 0 aliphatic carbocycles. The maximum Gasteiger partial charge on any atom is 0.234 e. The van der Waals surface area contributed by atoms with E-state index >= 15 is 0 Å². The summed E-state index contributed by atoms with van der Waals surface area (Å²) in [6.45, 7) is 10.6. The highest BCUT2D eigenvalue weighted by molar-refractivity contribution is 7.10. The van der Waals surface area contributed by atoms with Crippen LogP contribution in [-0.2, 0) is 10.2 Å². The second kappa shape index (κ2) is 10.7. The number of nitrogens with one attached hydrogen (secondary N) is 3. The van der Waals surface area contributed by atoms with Crippen LogP contribution in [0.25, 0.3) is 0 Å². The number of aliphatic imine (C=N–C) groups is 1. The second-order valence-corrected chi connectivity index (χ2v) is 8.78. The van der Waals surface area contributed by atoms with Crippen molar-refractivity contribution in [2.45, 2.75) is 51.5 Å². The van der Waals surface area contributed by atoms with Crippen molar-refractivity contribution in [1.29, 1.82) is 0 Å². The molecule has 2 rings (SSSR count). The Balaban J connectivity index is 1.72. The Hall–Kier alpha value is -1.60. The number of amides is 1. The molecule has 7 heteroatoms. The fourth-order valence-electron chi connectivity index (χ4n) is 3.20. The molecule has 0 aromatic carbocycles. The van der Waals surface area contributed by atoms with Gasteiger partial charge in [0.15, 0.2) is 5.96 Å². The molecule has 1 saturated heterocycles. The van der Waals surface area contributed by atoms with Gasteiger partial charge >= 0.3 is 0 Å². The van der Waals surface area contributed by atoms with Crippen LogP contribution in [0.1, 0.15) is 44.9 Å². The first-order valence-corrected chi connectivity index (χ1v) is 10.8. The summed E-state index contributed by atoms with van der Waals surface area (Å²) in [5.41, 5.74) is 0.0704. The molecule has 0 radical (unpaired) electrons. The number of rotatable bonds is 8. The number of hydrogen-bond acceptors (Lipinski definition) is 4. The van der Waals surface area contributed by atoms with E-state index in [0.29, 0.717) is 12.6 Å². The summed E-state index contributed by atoms with van der Waals surface area (Å²) in [6.07, 6.45) is 3.03. The molecule has 1 aromatic rings. The monoisotopic (exact) mass is 393 g/mol. The number of piperidine rings is 1. The molecule has 1 aliphatic rings. The molecular weight excluding hydrogens is 358 g/mol. The first-order valence-electron chi connectivity index (χ1n) is 9.95. The lowest BCUT2D eigenvalue weighted by molar-refractivity contribution is -0.122. The Morgan fingerprint density at radius 1 is 1.33 bits per heavy atom. The summed E-state index contributed by atoms with van der Waals surface area (Å²) in [4.78, 5) is 19.9. The number of likely N-dealkylation sites (tertiary alicyclic amines) is 1. The van der Waals surface area contributed by atoms with Crippen LogP contribution in [0.5, 0.6) is 0 Å². The van der Waals surface area contributed by atoms with Crippen molar-refractivity contribution in [2.24, 2.45) is 4.99 Å². The molecule has 1 fully saturated rings. The molecule has 1 aromatic heterocycles. The molecule has 1 aliphatic heterocycles. The van der Waals surface area contributed by atoms with Crippen molar-refractivity contribution in [2.75, 3.05) is 39.8 Å². The highest BCUT2D eigenvalue weighted by atomic mass is 32.1. The van der Waals surface area contributed by atoms with Crippen LogP contribution in [0, 0.1) is 0 Å². The SMILES string of the molecule is CCCNC(=O)CN1CCC(NC(=NC)NCC(C)(C)c2cccs2)CC1. The van der Waals surface area contributed by atoms with Crippen molar-refractivity contribution in [3.05, 3.63) is 22.4 Å². The lowest BCUT2D eigenvalue weighted by atomic mass is 9.91. The minimum absolute atomic E-state index is 0.0704. The summed E-state index contributed by atoms with van der Waals surface area (Å²) in [6, 6.07) is 4.69. The molecule has 152 valence electrons. The molecule has 0 unspecified atom stereocenters. The lowest BCUT2D eigenvalue weighted by Crippen LogP contribution is -2.51. The van der Waals surface area contributed by atoms with Gasteiger partial charge in [0.25, 0.3) is 0 Å². The van der Waals surface area contributed by atoms with Gasteiger partial charge in [-0.25, -0.2) is 0 Å². The molecule has 1 amide bonds. The standard InChI is InChI=1S/C20H35N5OS/c1-5-10-22-18(26)14-25-11-8-16(9-12-25)24-19(21-4)23-15-20(2,3)17-7-6-13-27-17/h6-7,13,16H,5,8-12,14-15H2,1-4H3,(H,22,26)(H2,21,23,24). The minimum atomic E-state index is 0.0704. The molecular formula is C20H35N5OS. The third-order valence-corrected chi connectivity index (χ3v) is 6.21. The van der Waals surface area contributed by atoms with Gasteiger partial charge in [-0.2, -0.15) is 0 Å². The fraction of sp³-hybridized carbons (Fsp3) is 0.700. The van der Waals surface area contributed by atoms with Crippen molar-refractivity contribution >= 4 is 23.2 Å². The summed E-state index contributed by atoms with van der Waals surface area (Å²) in [7, 11) is 1.82. The number of carbonyl (C=O) groups excluding carboxylic acids is 1. The van der Waals surface area contributed by atoms with E-state index in [2.05, 4.69) is 64.1 Å². The van der Waals surface area contributed by atoms with Crippen molar-refractivity contribution in [3.63, 3.8) is 0 Å². The smallest absolute Gasteiger partial charge is 0.234 e. The number of guanidine groups is 1. The normalized spacial score (nSPS) is 17.0. The highest BCUT2D eigenvalue weighted by Crippen LogP contribution is 2.26. The van der Waals surface area contributed by atoms with E-state index in [4.69, 9.17) is 0 Å². The third kappa shape index (κ3) is 7.14. The highest BCUT2D eigenvalue weighted by Gasteiger charge is 2.24. The Morgan fingerprint density at radius 2 is 2.07 bits per heavy atom. The van der Waals surface area contributed by atoms with E-state index < -0.39 is 0 Å². The van der Waals surface area contributed by atoms with Gasteiger partial charge < -0.3 is 16.0 Å². The van der Waals surface area contributed by atoms with Gasteiger partial charge in [0.2, 0.25) is 5.91 Å². The molecule has 0 bridgehead atoms. The number of hydrogen-bond donors (Lipinski definition) is 3. The van der Waals surface area contributed by atoms with Crippen molar-refractivity contribution in [3.8, 4) is 0 Å². The van der Waals surface area contributed by atoms with Gasteiger partial charge in [-0.1, -0.05) is 26.8 Å². The summed E-state index contributed by atoms with van der Waals surface area (Å²) in [5.74, 6) is 0.996. The fourth-order valence-corrected chi connectivity index (χ4v) is 4.05. The van der Waals surface area contributed by atoms with Crippen LogP contribution in [0.15, 0.2) is 22.5 Å². The average Bonchev–Trinajstić information content (AvgIpc) is 3.20. The van der Waals surface area contributed by atoms with Crippen LogP contribution < -0.4 is 16.0 Å². The van der Waals surface area contributed by atoms with Crippen LogP contribution >= 0.6 is 11.3 Å². The Kier molecular flexibility index (Phi) is 8.57. The zero-order valence-electron chi connectivity index (χ0n) is 17.2. The molecule has 6 nitrogen and oxygen atoms in total. The molecule has 0 atom stereocenters. The van der Waals surface area contributed by atoms with Crippen LogP contribution in [0.2, 0.25) is 0 Å². The van der Waals surface area contributed by atoms with Crippen LogP contribution in [0.3, 0.4) is 0 Å². The van der Waals surface area contributed by atoms with Gasteiger partial charge in [-0.3, -0.25) is 14.7 Å². The summed E-state index contributed by atoms with van der Waals surface area (Å²) >= 11 is 1.80. The van der Waals surface area contributed by atoms with E-state index in [1.165, 1.54) is 4.88 Å². The molecule has 0 saturated carbocycles. The van der Waals surface area contributed by atoms with E-state index in [1.54, 1.807) is 11.3 Å². The summed E-state index contributed by atoms with van der Waals surface area (Å²) < 4.78 is 0. The molecule has 3 N–H and O–H groups in total. The van der Waals surface area contributed by atoms with E-state index in [1.807, 2.05) is 7.05 Å². The zero-order valence-corrected chi connectivity index (χ0v) is 18.0. The van der Waals surface area contributed by atoms with Gasteiger partial charge in [0.05, 0.1) is 6.54 Å². The Morgan fingerprint density at radius 3 is 2.67 bits per heavy atom. The minimum Gasteiger partial charge on any atom is -0.356 e. The average molecular weight is 394 g/mol. The van der Waals surface area contributed by atoms with Gasteiger partial charge in [-0.05, 0) is 30.7 Å². The number of carbonyl (C=O) groups is 1. The first kappa shape index (κ1) is 21.7. The second-order valence-electron chi connectivity index (χ2n) is 7.83. The van der Waals surface area contributed by atoms with Crippen LogP contribution in [0.4, 0.5) is 0 Å². The van der Waals surface area contributed by atoms with Gasteiger partial charge in [0.1, 0.15) is 0 Å². The summed E-state index contributed by atoms with van der Waals surface area (Å²) in [5, 5.41) is 12.1. The van der Waals surface area contributed by atoms with Crippen molar-refractivity contribution in [1.82, 2.24) is 20.9 Å². The lowest BCUT2D eigenvalue weighted by Gasteiger charge is -2.33. The Labute approximate surface area is 167 Å². The van der Waals surface area contributed by atoms with Gasteiger partial charge in [-0.15, -0.1) is 11.3 Å². The third-order valence-electron chi connectivity index (χ3n) is 4.98. The topological polar surface area (TPSA) is 68.8 Å². The molecule has 2 heterocycles. The predicted molar refractivity (Wildman–Crippen MR) is 115 cm³/mol.